The van der Waals surface area contributed by atoms with Gasteiger partial charge in [0, 0.05) is 25.6 Å². The Labute approximate surface area is 153 Å². The third kappa shape index (κ3) is 5.31. The number of nitrogens with zero attached hydrogens (tertiary/aromatic N) is 2. The van der Waals surface area contributed by atoms with Crippen LogP contribution in [-0.4, -0.2) is 34.9 Å². The van der Waals surface area contributed by atoms with Gasteiger partial charge in [0.2, 0.25) is 5.91 Å². The highest BCUT2D eigenvalue weighted by atomic mass is 35.5. The van der Waals surface area contributed by atoms with E-state index in [1.807, 2.05) is 23.1 Å². The van der Waals surface area contributed by atoms with E-state index in [0.717, 1.165) is 49.3 Å². The minimum atomic E-state index is 0. The second kappa shape index (κ2) is 9.42. The number of benzene rings is 1. The number of thiazole rings is 1. The maximum Gasteiger partial charge on any atom is 0.222 e. The fourth-order valence-electron chi connectivity index (χ4n) is 2.81. The maximum absolute atomic E-state index is 12.2. The molecule has 1 amide bonds. The molecule has 0 aliphatic carbocycles. The summed E-state index contributed by atoms with van der Waals surface area (Å²) < 4.78 is 1.22. The van der Waals surface area contributed by atoms with E-state index in [2.05, 4.69) is 11.1 Å². The molecule has 0 radical (unpaired) electrons. The van der Waals surface area contributed by atoms with Crippen LogP contribution in [0.4, 0.5) is 0 Å². The van der Waals surface area contributed by atoms with Crippen molar-refractivity contribution in [2.45, 2.75) is 38.1 Å². The van der Waals surface area contributed by atoms with Crippen molar-refractivity contribution < 1.29 is 4.79 Å². The van der Waals surface area contributed by atoms with Gasteiger partial charge in [0.05, 0.1) is 15.2 Å². The largest absolute Gasteiger partial charge is 0.341 e. The lowest BCUT2D eigenvalue weighted by molar-refractivity contribution is -0.132. The van der Waals surface area contributed by atoms with Crippen LogP contribution in [-0.2, 0) is 11.2 Å². The predicted octanol–water partition coefficient (Wildman–Crippen LogP) is 3.41. The fourth-order valence-corrected chi connectivity index (χ4v) is 3.82. The Morgan fingerprint density at radius 1 is 1.35 bits per heavy atom. The van der Waals surface area contributed by atoms with Gasteiger partial charge in [-0.05, 0) is 37.8 Å². The Balaban J connectivity index is 0.00000132. The summed E-state index contributed by atoms with van der Waals surface area (Å²) in [5, 5.41) is 1.12. The Hall–Kier alpha value is -0.880. The van der Waals surface area contributed by atoms with E-state index >= 15 is 0 Å². The van der Waals surface area contributed by atoms with Gasteiger partial charge in [0.1, 0.15) is 0 Å². The van der Waals surface area contributed by atoms with Crippen molar-refractivity contribution in [2.75, 3.05) is 13.1 Å². The van der Waals surface area contributed by atoms with Crippen LogP contribution in [0.15, 0.2) is 24.3 Å². The highest BCUT2D eigenvalue weighted by molar-refractivity contribution is 7.18. The van der Waals surface area contributed by atoms with Gasteiger partial charge >= 0.3 is 0 Å². The van der Waals surface area contributed by atoms with Crippen LogP contribution in [0.5, 0.6) is 0 Å². The summed E-state index contributed by atoms with van der Waals surface area (Å²) >= 11 is 1.73. The zero-order chi connectivity index (χ0) is 14.7. The van der Waals surface area contributed by atoms with Crippen LogP contribution in [0.2, 0.25) is 0 Å². The number of nitrogens with two attached hydrogens (primary N) is 1. The average Bonchev–Trinajstić information content (AvgIpc) is 2.89. The normalized spacial score (nSPS) is 17.4. The lowest BCUT2D eigenvalue weighted by Gasteiger charge is -2.30. The molecule has 2 heterocycles. The minimum Gasteiger partial charge on any atom is -0.341 e. The number of rotatable bonds is 4. The lowest BCUT2D eigenvalue weighted by atomic mass is 10.1. The summed E-state index contributed by atoms with van der Waals surface area (Å²) in [5.74, 6) is 0.242. The van der Waals surface area contributed by atoms with Gasteiger partial charge in [-0.2, -0.15) is 0 Å². The highest BCUT2D eigenvalue weighted by Gasteiger charge is 2.20. The molecule has 0 saturated carbocycles. The summed E-state index contributed by atoms with van der Waals surface area (Å²) in [7, 11) is 0. The van der Waals surface area contributed by atoms with E-state index in [4.69, 9.17) is 5.73 Å². The Morgan fingerprint density at radius 2 is 2.13 bits per heavy atom. The van der Waals surface area contributed by atoms with Gasteiger partial charge in [-0.1, -0.05) is 12.1 Å². The predicted molar refractivity (Wildman–Crippen MR) is 101 cm³/mol. The highest BCUT2D eigenvalue weighted by Crippen LogP contribution is 2.23. The van der Waals surface area contributed by atoms with Crippen molar-refractivity contribution >= 4 is 52.3 Å². The van der Waals surface area contributed by atoms with Gasteiger partial charge < -0.3 is 10.6 Å². The summed E-state index contributed by atoms with van der Waals surface area (Å²) in [6.07, 6.45) is 4.41. The molecule has 128 valence electrons. The van der Waals surface area contributed by atoms with E-state index < -0.39 is 0 Å². The smallest absolute Gasteiger partial charge is 0.222 e. The molecule has 0 spiro atoms. The number of hydrogen-bond donors (Lipinski definition) is 1. The number of piperidine rings is 1. The van der Waals surface area contributed by atoms with Crippen molar-refractivity contribution in [3.63, 3.8) is 0 Å². The molecule has 4 nitrogen and oxygen atoms in total. The van der Waals surface area contributed by atoms with Crippen LogP contribution in [0.3, 0.4) is 0 Å². The van der Waals surface area contributed by atoms with E-state index in [1.165, 1.54) is 4.70 Å². The van der Waals surface area contributed by atoms with Crippen LogP contribution < -0.4 is 5.73 Å². The van der Waals surface area contributed by atoms with E-state index in [1.54, 1.807) is 11.3 Å². The quantitative estimate of drug-likeness (QED) is 0.890. The van der Waals surface area contributed by atoms with Crippen molar-refractivity contribution in [1.29, 1.82) is 0 Å². The Morgan fingerprint density at radius 3 is 2.87 bits per heavy atom. The number of carbonyl (C=O) groups is 1. The SMILES string of the molecule is Cl.Cl.NC1CCCN(C(=O)CCCc2nc3ccccc3s2)C1. The number of hydrogen-bond acceptors (Lipinski definition) is 4. The third-order valence-electron chi connectivity index (χ3n) is 3.93. The zero-order valence-corrected chi connectivity index (χ0v) is 15.4. The van der Waals surface area contributed by atoms with Gasteiger partial charge in [-0.15, -0.1) is 36.2 Å². The van der Waals surface area contributed by atoms with E-state index in [0.29, 0.717) is 6.42 Å². The van der Waals surface area contributed by atoms with E-state index in [-0.39, 0.29) is 36.8 Å². The second-order valence-corrected chi connectivity index (χ2v) is 6.79. The van der Waals surface area contributed by atoms with Crippen molar-refractivity contribution in [2.24, 2.45) is 5.73 Å². The molecule has 1 aliphatic rings. The summed E-state index contributed by atoms with van der Waals surface area (Å²) in [4.78, 5) is 18.7. The van der Waals surface area contributed by atoms with Crippen molar-refractivity contribution in [3.8, 4) is 0 Å². The van der Waals surface area contributed by atoms with Crippen molar-refractivity contribution in [1.82, 2.24) is 9.88 Å². The number of halogens is 2. The molecule has 3 rings (SSSR count). The molecular formula is C16H23Cl2N3OS. The molecule has 0 bridgehead atoms. The minimum absolute atomic E-state index is 0. The maximum atomic E-state index is 12.2. The van der Waals surface area contributed by atoms with Gasteiger partial charge in [-0.25, -0.2) is 4.98 Å². The third-order valence-corrected chi connectivity index (χ3v) is 5.03. The first-order valence-electron chi connectivity index (χ1n) is 7.60. The molecule has 2 aromatic rings. The first-order valence-corrected chi connectivity index (χ1v) is 8.42. The fraction of sp³-hybridized carbons (Fsp3) is 0.500. The molecule has 1 saturated heterocycles. The van der Waals surface area contributed by atoms with Gasteiger partial charge in [0.15, 0.2) is 0 Å². The van der Waals surface area contributed by atoms with Crippen LogP contribution in [0.1, 0.15) is 30.7 Å². The number of fused-ring (bicyclic) bond motifs is 1. The molecular weight excluding hydrogens is 353 g/mol. The molecule has 7 heteroatoms. The number of para-hydroxylation sites is 1. The van der Waals surface area contributed by atoms with Gasteiger partial charge in [-0.3, -0.25) is 4.79 Å². The number of aromatic nitrogens is 1. The van der Waals surface area contributed by atoms with Gasteiger partial charge in [0.25, 0.3) is 0 Å². The summed E-state index contributed by atoms with van der Waals surface area (Å²) in [6.45, 7) is 1.59. The summed E-state index contributed by atoms with van der Waals surface area (Å²) in [5.41, 5.74) is 6.98. The second-order valence-electron chi connectivity index (χ2n) is 5.67. The standard InChI is InChI=1S/C16H21N3OS.2ClH/c17-12-5-4-10-19(11-12)16(20)9-3-8-15-18-13-6-1-2-7-14(13)21-15;;/h1-2,6-7,12H,3-5,8-11,17H2;2*1H. The molecule has 1 aromatic carbocycles. The van der Waals surface area contributed by atoms with Crippen molar-refractivity contribution in [3.05, 3.63) is 29.3 Å². The monoisotopic (exact) mass is 375 g/mol. The van der Waals surface area contributed by atoms with E-state index in [9.17, 15) is 4.79 Å². The Kier molecular flexibility index (Phi) is 8.26. The topological polar surface area (TPSA) is 59.2 Å². The zero-order valence-electron chi connectivity index (χ0n) is 12.9. The van der Waals surface area contributed by atoms with Crippen LogP contribution >= 0.6 is 36.2 Å². The Bertz CT molecular complexity index is 602. The molecule has 1 aliphatic heterocycles. The average molecular weight is 376 g/mol. The molecule has 23 heavy (non-hydrogen) atoms. The number of aryl methyl sites for hydroxylation is 1. The number of carbonyl (C=O) groups excluding carboxylic acids is 1. The molecule has 2 N–H and O–H groups in total. The number of amides is 1. The van der Waals surface area contributed by atoms with Crippen LogP contribution in [0, 0.1) is 0 Å². The molecule has 1 fully saturated rings. The number of likely N-dealkylation sites (tertiary alicyclic amines) is 1. The molecule has 1 atom stereocenters. The lowest BCUT2D eigenvalue weighted by Crippen LogP contribution is -2.45. The first kappa shape index (κ1) is 20.2. The van der Waals surface area contributed by atoms with Crippen LogP contribution in [0.25, 0.3) is 10.2 Å². The molecule has 1 unspecified atom stereocenters. The summed E-state index contributed by atoms with van der Waals surface area (Å²) in [6, 6.07) is 8.33. The molecule has 1 aromatic heterocycles. The first-order chi connectivity index (χ1) is 10.2.